The molecule has 2 aliphatic rings. The average molecular weight is 223 g/mol. The first-order chi connectivity index (χ1) is 7.74. The molecular weight excluding hydrogens is 206 g/mol. The fraction of sp³-hybridized carbons (Fsp3) is 0.727. The van der Waals surface area contributed by atoms with E-state index in [9.17, 15) is 10.2 Å². The van der Waals surface area contributed by atoms with E-state index in [1.807, 2.05) is 12.5 Å². The fourth-order valence-corrected chi connectivity index (χ4v) is 2.34. The van der Waals surface area contributed by atoms with E-state index in [0.717, 1.165) is 6.54 Å². The summed E-state index contributed by atoms with van der Waals surface area (Å²) < 4.78 is 2.22. The summed E-state index contributed by atoms with van der Waals surface area (Å²) in [6.07, 6.45) is 5.06. The van der Waals surface area contributed by atoms with Crippen LogP contribution in [-0.2, 0) is 6.54 Å². The van der Waals surface area contributed by atoms with Crippen LogP contribution in [0.3, 0.4) is 0 Å². The molecule has 1 aliphatic heterocycles. The molecule has 1 saturated carbocycles. The first kappa shape index (κ1) is 10.3. The van der Waals surface area contributed by atoms with Crippen molar-refractivity contribution >= 4 is 0 Å². The van der Waals surface area contributed by atoms with Gasteiger partial charge in [-0.2, -0.15) is 0 Å². The van der Waals surface area contributed by atoms with Crippen molar-refractivity contribution in [1.29, 1.82) is 0 Å². The number of rotatable bonds is 3. The lowest BCUT2D eigenvalue weighted by Crippen LogP contribution is -2.22. The van der Waals surface area contributed by atoms with Gasteiger partial charge in [0.15, 0.2) is 0 Å². The number of hydrogen-bond acceptors (Lipinski definition) is 4. The summed E-state index contributed by atoms with van der Waals surface area (Å²) in [6, 6.07) is 0.634. The highest BCUT2D eigenvalue weighted by molar-refractivity contribution is 5.04. The Labute approximate surface area is 94.3 Å². The maximum atomic E-state index is 9.47. The highest BCUT2D eigenvalue weighted by atomic mass is 16.3. The van der Waals surface area contributed by atoms with E-state index >= 15 is 0 Å². The highest BCUT2D eigenvalue weighted by Crippen LogP contribution is 2.35. The number of nitrogens with zero attached hydrogens (tertiary/aromatic N) is 3. The van der Waals surface area contributed by atoms with Crippen LogP contribution in [-0.4, -0.2) is 50.0 Å². The smallest absolute Gasteiger partial charge is 0.0951 e. The number of hydrogen-bond donors (Lipinski definition) is 2. The van der Waals surface area contributed by atoms with Crippen LogP contribution in [0.5, 0.6) is 0 Å². The van der Waals surface area contributed by atoms with Crippen LogP contribution in [0.25, 0.3) is 0 Å². The fourth-order valence-electron chi connectivity index (χ4n) is 2.34. The highest BCUT2D eigenvalue weighted by Gasteiger charge is 2.31. The van der Waals surface area contributed by atoms with E-state index in [-0.39, 0.29) is 0 Å². The Bertz CT molecular complexity index is 365. The first-order valence-electron chi connectivity index (χ1n) is 5.83. The molecule has 0 spiro atoms. The van der Waals surface area contributed by atoms with Crippen molar-refractivity contribution in [3.05, 3.63) is 18.2 Å². The van der Waals surface area contributed by atoms with E-state index < -0.39 is 12.2 Å². The van der Waals surface area contributed by atoms with Gasteiger partial charge in [0, 0.05) is 31.9 Å². The molecule has 1 aromatic heterocycles. The summed E-state index contributed by atoms with van der Waals surface area (Å²) in [7, 11) is 0. The first-order valence-corrected chi connectivity index (χ1v) is 5.83. The number of aromatic nitrogens is 2. The number of likely N-dealkylation sites (tertiary alicyclic amines) is 1. The predicted octanol–water partition coefficient (Wildman–Crippen LogP) is -0.245. The molecule has 2 fully saturated rings. The molecule has 88 valence electrons. The van der Waals surface area contributed by atoms with Gasteiger partial charge in [-0.05, 0) is 12.8 Å². The summed E-state index contributed by atoms with van der Waals surface area (Å²) in [5, 5.41) is 18.9. The SMILES string of the molecule is OC1CN(Cc2cncn2C2CC2)CC1O. The molecule has 5 heteroatoms. The molecule has 0 radical (unpaired) electrons. The second-order valence-corrected chi connectivity index (χ2v) is 4.85. The molecule has 1 aliphatic carbocycles. The molecule has 16 heavy (non-hydrogen) atoms. The monoisotopic (exact) mass is 223 g/mol. The lowest BCUT2D eigenvalue weighted by molar-refractivity contribution is 0.0572. The van der Waals surface area contributed by atoms with Gasteiger partial charge in [-0.3, -0.25) is 4.90 Å². The Morgan fingerprint density at radius 3 is 2.56 bits per heavy atom. The van der Waals surface area contributed by atoms with Crippen molar-refractivity contribution in [2.24, 2.45) is 0 Å². The summed E-state index contributed by atoms with van der Waals surface area (Å²) in [6.45, 7) is 1.87. The topological polar surface area (TPSA) is 61.5 Å². The van der Waals surface area contributed by atoms with Gasteiger partial charge in [0.25, 0.3) is 0 Å². The normalized spacial score (nSPS) is 31.1. The maximum absolute atomic E-state index is 9.47. The largest absolute Gasteiger partial charge is 0.389 e. The zero-order valence-corrected chi connectivity index (χ0v) is 9.16. The number of imidazole rings is 1. The predicted molar refractivity (Wildman–Crippen MR) is 57.8 cm³/mol. The van der Waals surface area contributed by atoms with Crippen LogP contribution in [0.15, 0.2) is 12.5 Å². The summed E-state index contributed by atoms with van der Waals surface area (Å²) in [5.74, 6) is 0. The summed E-state index contributed by atoms with van der Waals surface area (Å²) >= 11 is 0. The summed E-state index contributed by atoms with van der Waals surface area (Å²) in [4.78, 5) is 6.25. The van der Waals surface area contributed by atoms with E-state index in [1.54, 1.807) is 0 Å². The third-order valence-corrected chi connectivity index (χ3v) is 3.41. The van der Waals surface area contributed by atoms with Crippen molar-refractivity contribution in [3.63, 3.8) is 0 Å². The lowest BCUT2D eigenvalue weighted by Gasteiger charge is -2.15. The number of β-amino-alcohol motifs (C(OH)–C–C–N with tert-alkyl or cyclic N) is 2. The molecule has 2 N–H and O–H groups in total. The molecule has 0 amide bonds. The molecule has 0 aromatic carbocycles. The van der Waals surface area contributed by atoms with Gasteiger partial charge < -0.3 is 14.8 Å². The van der Waals surface area contributed by atoms with Gasteiger partial charge in [0.05, 0.1) is 24.2 Å². The van der Waals surface area contributed by atoms with Gasteiger partial charge >= 0.3 is 0 Å². The van der Waals surface area contributed by atoms with Gasteiger partial charge in [-0.25, -0.2) is 4.98 Å². The zero-order valence-electron chi connectivity index (χ0n) is 9.16. The van der Waals surface area contributed by atoms with Crippen LogP contribution < -0.4 is 0 Å². The molecule has 1 saturated heterocycles. The van der Waals surface area contributed by atoms with E-state index in [2.05, 4.69) is 14.5 Å². The molecule has 1 aromatic rings. The van der Waals surface area contributed by atoms with Crippen molar-refractivity contribution in [1.82, 2.24) is 14.5 Å². The second-order valence-electron chi connectivity index (χ2n) is 4.85. The van der Waals surface area contributed by atoms with Crippen LogP contribution in [0.1, 0.15) is 24.6 Å². The molecular formula is C11H17N3O2. The minimum atomic E-state index is -0.600. The Balaban J connectivity index is 1.67. The van der Waals surface area contributed by atoms with Crippen LogP contribution in [0.2, 0.25) is 0 Å². The van der Waals surface area contributed by atoms with Crippen LogP contribution >= 0.6 is 0 Å². The molecule has 2 unspecified atom stereocenters. The van der Waals surface area contributed by atoms with Gasteiger partial charge in [0.2, 0.25) is 0 Å². The van der Waals surface area contributed by atoms with Crippen LogP contribution in [0.4, 0.5) is 0 Å². The van der Waals surface area contributed by atoms with Crippen molar-refractivity contribution in [3.8, 4) is 0 Å². The van der Waals surface area contributed by atoms with E-state index in [4.69, 9.17) is 0 Å². The standard InChI is InChI=1S/C11H17N3O2/c15-10-5-13(6-11(10)16)4-9-3-12-7-14(9)8-1-2-8/h3,7-8,10-11,15-16H,1-2,4-6H2. The third-order valence-electron chi connectivity index (χ3n) is 3.41. The minimum Gasteiger partial charge on any atom is -0.389 e. The molecule has 0 bridgehead atoms. The van der Waals surface area contributed by atoms with Gasteiger partial charge in [-0.15, -0.1) is 0 Å². The van der Waals surface area contributed by atoms with Crippen molar-refractivity contribution in [2.45, 2.75) is 37.6 Å². The second kappa shape index (κ2) is 3.84. The Morgan fingerprint density at radius 2 is 1.94 bits per heavy atom. The minimum absolute atomic E-state index is 0.553. The van der Waals surface area contributed by atoms with Gasteiger partial charge in [0.1, 0.15) is 0 Å². The third kappa shape index (κ3) is 1.86. The van der Waals surface area contributed by atoms with Crippen molar-refractivity contribution in [2.75, 3.05) is 13.1 Å². The summed E-state index contributed by atoms with van der Waals surface area (Å²) in [5.41, 5.74) is 1.18. The molecule has 2 heterocycles. The maximum Gasteiger partial charge on any atom is 0.0951 e. The Kier molecular flexibility index (Phi) is 2.46. The Hall–Kier alpha value is -0.910. The van der Waals surface area contributed by atoms with Crippen LogP contribution in [0, 0.1) is 0 Å². The van der Waals surface area contributed by atoms with Crippen molar-refractivity contribution < 1.29 is 10.2 Å². The molecule has 2 atom stereocenters. The van der Waals surface area contributed by atoms with Gasteiger partial charge in [-0.1, -0.05) is 0 Å². The average Bonchev–Trinajstić information content (AvgIpc) is 2.91. The Morgan fingerprint density at radius 1 is 1.25 bits per heavy atom. The molecule has 5 nitrogen and oxygen atoms in total. The zero-order chi connectivity index (χ0) is 11.1. The number of aliphatic hydroxyl groups excluding tert-OH is 2. The van der Waals surface area contributed by atoms with E-state index in [1.165, 1.54) is 18.5 Å². The quantitative estimate of drug-likeness (QED) is 0.742. The van der Waals surface area contributed by atoms with E-state index in [0.29, 0.717) is 19.1 Å². The molecule has 3 rings (SSSR count). The number of aliphatic hydroxyl groups is 2. The lowest BCUT2D eigenvalue weighted by atomic mass is 10.3.